The number of fused-ring (bicyclic) bond motifs is 1. The molecule has 1 aliphatic carbocycles. The van der Waals surface area contributed by atoms with Crippen molar-refractivity contribution in [2.45, 2.75) is 31.7 Å². The summed E-state index contributed by atoms with van der Waals surface area (Å²) in [4.78, 5) is 12.2. The molecule has 1 heterocycles. The molecule has 1 aromatic heterocycles. The van der Waals surface area contributed by atoms with E-state index >= 15 is 0 Å². The summed E-state index contributed by atoms with van der Waals surface area (Å²) in [6.45, 7) is 0. The Hall–Kier alpha value is -1.84. The standard InChI is InChI=1S/C15H17FN2O/c1-18-13-8-4-7-12(16)11(13)9-14(18)15(19)17-10-5-2-3-6-10/h4,7-10H,2-3,5-6H2,1H3,(H,17,19). The van der Waals surface area contributed by atoms with E-state index in [0.29, 0.717) is 11.1 Å². The normalized spacial score (nSPS) is 16.1. The van der Waals surface area contributed by atoms with Crippen molar-refractivity contribution < 1.29 is 9.18 Å². The van der Waals surface area contributed by atoms with Gasteiger partial charge in [-0.3, -0.25) is 4.79 Å². The molecular formula is C15H17FN2O. The number of carbonyl (C=O) groups is 1. The molecule has 100 valence electrons. The minimum absolute atomic E-state index is 0.106. The van der Waals surface area contributed by atoms with Gasteiger partial charge in [-0.2, -0.15) is 0 Å². The number of amides is 1. The number of carbonyl (C=O) groups excluding carboxylic acids is 1. The molecular weight excluding hydrogens is 243 g/mol. The highest BCUT2D eigenvalue weighted by Gasteiger charge is 2.20. The average Bonchev–Trinajstić information content (AvgIpc) is 2.99. The lowest BCUT2D eigenvalue weighted by Crippen LogP contribution is -2.33. The molecule has 4 heteroatoms. The van der Waals surface area contributed by atoms with Crippen molar-refractivity contribution >= 4 is 16.8 Å². The van der Waals surface area contributed by atoms with Crippen LogP contribution >= 0.6 is 0 Å². The van der Waals surface area contributed by atoms with Gasteiger partial charge in [0.1, 0.15) is 11.5 Å². The van der Waals surface area contributed by atoms with E-state index < -0.39 is 0 Å². The molecule has 2 aromatic rings. The number of rotatable bonds is 2. The maximum Gasteiger partial charge on any atom is 0.268 e. The summed E-state index contributed by atoms with van der Waals surface area (Å²) in [5.41, 5.74) is 1.27. The molecule has 0 bridgehead atoms. The van der Waals surface area contributed by atoms with Crippen LogP contribution in [-0.2, 0) is 7.05 Å². The maximum absolute atomic E-state index is 13.7. The molecule has 0 radical (unpaired) electrons. The third kappa shape index (κ3) is 2.11. The summed E-state index contributed by atoms with van der Waals surface area (Å²) in [5.74, 6) is -0.391. The van der Waals surface area contributed by atoms with Crippen LogP contribution < -0.4 is 5.32 Å². The molecule has 0 aliphatic heterocycles. The van der Waals surface area contributed by atoms with Gasteiger partial charge in [0.15, 0.2) is 0 Å². The van der Waals surface area contributed by atoms with Gasteiger partial charge in [0.05, 0.1) is 5.52 Å². The van der Waals surface area contributed by atoms with E-state index in [1.54, 1.807) is 23.7 Å². The van der Waals surface area contributed by atoms with E-state index in [4.69, 9.17) is 0 Å². The first-order chi connectivity index (χ1) is 9.16. The zero-order valence-electron chi connectivity index (χ0n) is 10.9. The summed E-state index contributed by atoms with van der Waals surface area (Å²) < 4.78 is 15.5. The topological polar surface area (TPSA) is 34.0 Å². The Kier molecular flexibility index (Phi) is 3.01. The largest absolute Gasteiger partial charge is 0.348 e. The number of nitrogens with zero attached hydrogens (tertiary/aromatic N) is 1. The Balaban J connectivity index is 1.93. The lowest BCUT2D eigenvalue weighted by atomic mass is 10.2. The van der Waals surface area contributed by atoms with Crippen LogP contribution in [0.25, 0.3) is 10.9 Å². The van der Waals surface area contributed by atoms with E-state index in [1.165, 1.54) is 18.9 Å². The Morgan fingerprint density at radius 1 is 1.37 bits per heavy atom. The van der Waals surface area contributed by atoms with Gasteiger partial charge < -0.3 is 9.88 Å². The van der Waals surface area contributed by atoms with E-state index in [0.717, 1.165) is 18.4 Å². The van der Waals surface area contributed by atoms with Crippen molar-refractivity contribution in [3.8, 4) is 0 Å². The number of benzene rings is 1. The van der Waals surface area contributed by atoms with Gasteiger partial charge in [-0.15, -0.1) is 0 Å². The number of hydrogen-bond donors (Lipinski definition) is 1. The maximum atomic E-state index is 13.7. The molecule has 1 N–H and O–H groups in total. The molecule has 1 aliphatic rings. The monoisotopic (exact) mass is 260 g/mol. The van der Waals surface area contributed by atoms with Gasteiger partial charge in [-0.25, -0.2) is 4.39 Å². The molecule has 1 fully saturated rings. The molecule has 3 rings (SSSR count). The fourth-order valence-corrected chi connectivity index (χ4v) is 2.87. The number of aryl methyl sites for hydroxylation is 1. The molecule has 0 atom stereocenters. The second kappa shape index (κ2) is 4.68. The van der Waals surface area contributed by atoms with E-state index in [2.05, 4.69) is 5.32 Å². The smallest absolute Gasteiger partial charge is 0.268 e. The van der Waals surface area contributed by atoms with Gasteiger partial charge >= 0.3 is 0 Å². The Bertz CT molecular complexity index is 626. The van der Waals surface area contributed by atoms with Gasteiger partial charge in [0, 0.05) is 18.5 Å². The van der Waals surface area contributed by atoms with Crippen molar-refractivity contribution in [1.29, 1.82) is 0 Å². The van der Waals surface area contributed by atoms with Gasteiger partial charge in [-0.05, 0) is 31.0 Å². The fourth-order valence-electron chi connectivity index (χ4n) is 2.87. The van der Waals surface area contributed by atoms with E-state index in [9.17, 15) is 9.18 Å². The molecule has 1 aromatic carbocycles. The Morgan fingerprint density at radius 3 is 2.79 bits per heavy atom. The molecule has 1 saturated carbocycles. The van der Waals surface area contributed by atoms with Crippen molar-refractivity contribution in [3.05, 3.63) is 35.8 Å². The van der Waals surface area contributed by atoms with Crippen molar-refractivity contribution in [3.63, 3.8) is 0 Å². The lowest BCUT2D eigenvalue weighted by molar-refractivity contribution is 0.0930. The highest BCUT2D eigenvalue weighted by molar-refractivity contribution is 5.99. The third-order valence-electron chi connectivity index (χ3n) is 3.96. The number of nitrogens with one attached hydrogen (secondary N) is 1. The van der Waals surface area contributed by atoms with Crippen LogP contribution in [-0.4, -0.2) is 16.5 Å². The average molecular weight is 260 g/mol. The first-order valence-electron chi connectivity index (χ1n) is 6.71. The van der Waals surface area contributed by atoms with Gasteiger partial charge in [0.25, 0.3) is 5.91 Å². The molecule has 0 spiro atoms. The molecule has 0 saturated heterocycles. The predicted octanol–water partition coefficient (Wildman–Crippen LogP) is 2.99. The second-order valence-corrected chi connectivity index (χ2v) is 5.22. The van der Waals surface area contributed by atoms with Crippen molar-refractivity contribution in [2.24, 2.45) is 7.05 Å². The third-order valence-corrected chi connectivity index (χ3v) is 3.96. The lowest BCUT2D eigenvalue weighted by Gasteiger charge is -2.12. The van der Waals surface area contributed by atoms with Crippen LogP contribution in [0.1, 0.15) is 36.2 Å². The SMILES string of the molecule is Cn1c(C(=O)NC2CCCC2)cc2c(F)cccc21. The Morgan fingerprint density at radius 2 is 2.11 bits per heavy atom. The quantitative estimate of drug-likeness (QED) is 0.885. The fraction of sp³-hybridized carbons (Fsp3) is 0.400. The van der Waals surface area contributed by atoms with Crippen LogP contribution in [0.3, 0.4) is 0 Å². The van der Waals surface area contributed by atoms with Crippen molar-refractivity contribution in [1.82, 2.24) is 9.88 Å². The number of aromatic nitrogens is 1. The predicted molar refractivity (Wildman–Crippen MR) is 72.6 cm³/mol. The zero-order chi connectivity index (χ0) is 13.4. The van der Waals surface area contributed by atoms with E-state index in [1.807, 2.05) is 6.07 Å². The minimum atomic E-state index is -0.284. The molecule has 19 heavy (non-hydrogen) atoms. The highest BCUT2D eigenvalue weighted by atomic mass is 19.1. The Labute approximate surface area is 111 Å². The van der Waals surface area contributed by atoms with Crippen LogP contribution in [0.4, 0.5) is 4.39 Å². The second-order valence-electron chi connectivity index (χ2n) is 5.22. The van der Waals surface area contributed by atoms with Gasteiger partial charge in [0.2, 0.25) is 0 Å². The van der Waals surface area contributed by atoms with Gasteiger partial charge in [-0.1, -0.05) is 18.9 Å². The summed E-state index contributed by atoms with van der Waals surface area (Å²) in [7, 11) is 1.80. The van der Waals surface area contributed by atoms with Crippen LogP contribution in [0, 0.1) is 5.82 Å². The first-order valence-corrected chi connectivity index (χ1v) is 6.71. The van der Waals surface area contributed by atoms with Crippen molar-refractivity contribution in [2.75, 3.05) is 0 Å². The molecule has 3 nitrogen and oxygen atoms in total. The highest BCUT2D eigenvalue weighted by Crippen LogP contribution is 2.23. The molecule has 0 unspecified atom stereocenters. The minimum Gasteiger partial charge on any atom is -0.348 e. The summed E-state index contributed by atoms with van der Waals surface area (Å²) in [6.07, 6.45) is 4.44. The van der Waals surface area contributed by atoms with Crippen LogP contribution in [0.5, 0.6) is 0 Å². The van der Waals surface area contributed by atoms with Crippen LogP contribution in [0.15, 0.2) is 24.3 Å². The number of halogens is 1. The molecule has 1 amide bonds. The first kappa shape index (κ1) is 12.2. The van der Waals surface area contributed by atoms with Crippen LogP contribution in [0.2, 0.25) is 0 Å². The summed E-state index contributed by atoms with van der Waals surface area (Å²) in [5, 5.41) is 3.54. The van der Waals surface area contributed by atoms with E-state index in [-0.39, 0.29) is 17.8 Å². The summed E-state index contributed by atoms with van der Waals surface area (Å²) >= 11 is 0. The zero-order valence-corrected chi connectivity index (χ0v) is 10.9. The summed E-state index contributed by atoms with van der Waals surface area (Å²) in [6, 6.07) is 6.81. The number of hydrogen-bond acceptors (Lipinski definition) is 1.